The van der Waals surface area contributed by atoms with Gasteiger partial charge in [0.05, 0.1) is 7.11 Å². The van der Waals surface area contributed by atoms with Crippen LogP contribution >= 0.6 is 0 Å². The molecule has 0 radical (unpaired) electrons. The van der Waals surface area contributed by atoms with E-state index in [2.05, 4.69) is 34.1 Å². The first kappa shape index (κ1) is 20.9. The summed E-state index contributed by atoms with van der Waals surface area (Å²) in [5.74, 6) is 1.88. The summed E-state index contributed by atoms with van der Waals surface area (Å²) in [6.45, 7) is 5.53. The highest BCUT2D eigenvalue weighted by Crippen LogP contribution is 2.25. The van der Waals surface area contributed by atoms with Gasteiger partial charge in [-0.1, -0.05) is 12.1 Å². The first-order valence-electron chi connectivity index (χ1n) is 11.4. The number of nitrogens with zero attached hydrogens (tertiary/aromatic N) is 2. The summed E-state index contributed by atoms with van der Waals surface area (Å²) in [5.41, 5.74) is 3.46. The van der Waals surface area contributed by atoms with Gasteiger partial charge in [-0.15, -0.1) is 0 Å². The molecule has 0 bridgehead atoms. The molecule has 2 aliphatic rings. The number of piperidine rings is 1. The largest absolute Gasteiger partial charge is 0.497 e. The third-order valence-electron chi connectivity index (χ3n) is 6.71. The summed E-state index contributed by atoms with van der Waals surface area (Å²) < 4.78 is 5.24. The molecule has 4 heteroatoms. The summed E-state index contributed by atoms with van der Waals surface area (Å²) in [4.78, 5) is 17.6. The molecular formula is C26H34N2O2. The van der Waals surface area contributed by atoms with Crippen molar-refractivity contribution in [3.05, 3.63) is 59.7 Å². The second-order valence-corrected chi connectivity index (χ2v) is 8.77. The number of rotatable bonds is 8. The Morgan fingerprint density at radius 2 is 1.60 bits per heavy atom. The molecule has 0 amide bonds. The van der Waals surface area contributed by atoms with Crippen LogP contribution in [0.2, 0.25) is 0 Å². The predicted octanol–water partition coefficient (Wildman–Crippen LogP) is 5.17. The number of carbonyl (C=O) groups is 1. The number of anilines is 1. The molecule has 2 aliphatic heterocycles. The zero-order valence-corrected chi connectivity index (χ0v) is 18.2. The maximum Gasteiger partial charge on any atom is 0.162 e. The number of Topliss-reactive ketones (excluding diaryl/α,β-unsaturated/α-hetero) is 1. The van der Waals surface area contributed by atoms with E-state index in [1.54, 1.807) is 7.11 Å². The van der Waals surface area contributed by atoms with Gasteiger partial charge in [-0.05, 0) is 93.1 Å². The minimum atomic E-state index is 0.295. The Bertz CT molecular complexity index is 802. The molecule has 4 nitrogen and oxygen atoms in total. The Morgan fingerprint density at radius 3 is 2.23 bits per heavy atom. The van der Waals surface area contributed by atoms with Crippen molar-refractivity contribution >= 4 is 11.5 Å². The SMILES string of the molecule is COc1ccc(CN2CCC(CCC(=O)c3ccc(N4CCCC4)cc3)CC2)cc1. The number of likely N-dealkylation sites (tertiary alicyclic amines) is 1. The lowest BCUT2D eigenvalue weighted by atomic mass is 9.90. The zero-order chi connectivity index (χ0) is 20.8. The van der Waals surface area contributed by atoms with Gasteiger partial charge in [-0.3, -0.25) is 9.69 Å². The van der Waals surface area contributed by atoms with Crippen molar-refractivity contribution < 1.29 is 9.53 Å². The molecule has 0 saturated carbocycles. The molecule has 2 aromatic carbocycles. The van der Waals surface area contributed by atoms with E-state index in [0.717, 1.165) is 50.5 Å². The van der Waals surface area contributed by atoms with Gasteiger partial charge < -0.3 is 9.64 Å². The predicted molar refractivity (Wildman–Crippen MR) is 122 cm³/mol. The van der Waals surface area contributed by atoms with Crippen molar-refractivity contribution in [3.8, 4) is 5.75 Å². The number of carbonyl (C=O) groups excluding carboxylic acids is 1. The van der Waals surface area contributed by atoms with Gasteiger partial charge in [0.1, 0.15) is 5.75 Å². The van der Waals surface area contributed by atoms with Gasteiger partial charge in [0, 0.05) is 37.3 Å². The maximum absolute atomic E-state index is 12.6. The number of ether oxygens (including phenoxy) is 1. The highest BCUT2D eigenvalue weighted by atomic mass is 16.5. The Hall–Kier alpha value is -2.33. The van der Waals surface area contributed by atoms with Gasteiger partial charge in [0.15, 0.2) is 5.78 Å². The molecule has 2 heterocycles. The summed E-state index contributed by atoms with van der Waals surface area (Å²) >= 11 is 0. The highest BCUT2D eigenvalue weighted by molar-refractivity contribution is 5.96. The molecule has 160 valence electrons. The minimum Gasteiger partial charge on any atom is -0.497 e. The molecule has 0 N–H and O–H groups in total. The van der Waals surface area contributed by atoms with Crippen LogP contribution in [0.15, 0.2) is 48.5 Å². The average molecular weight is 407 g/mol. The van der Waals surface area contributed by atoms with Crippen LogP contribution in [0.4, 0.5) is 5.69 Å². The number of methoxy groups -OCH3 is 1. The van der Waals surface area contributed by atoms with Crippen LogP contribution in [0.25, 0.3) is 0 Å². The molecule has 0 aliphatic carbocycles. The Labute approximate surface area is 180 Å². The van der Waals surface area contributed by atoms with Crippen LogP contribution in [-0.2, 0) is 6.54 Å². The first-order chi connectivity index (χ1) is 14.7. The van der Waals surface area contributed by atoms with Crippen LogP contribution in [0.1, 0.15) is 54.4 Å². The van der Waals surface area contributed by atoms with Gasteiger partial charge >= 0.3 is 0 Å². The minimum absolute atomic E-state index is 0.295. The van der Waals surface area contributed by atoms with Crippen LogP contribution in [0.5, 0.6) is 5.75 Å². The number of hydrogen-bond acceptors (Lipinski definition) is 4. The number of ketones is 1. The lowest BCUT2D eigenvalue weighted by Crippen LogP contribution is -2.33. The van der Waals surface area contributed by atoms with E-state index in [1.807, 2.05) is 24.3 Å². The highest BCUT2D eigenvalue weighted by Gasteiger charge is 2.20. The van der Waals surface area contributed by atoms with E-state index in [-0.39, 0.29) is 0 Å². The molecule has 4 rings (SSSR count). The quantitative estimate of drug-likeness (QED) is 0.566. The van der Waals surface area contributed by atoms with Gasteiger partial charge in [0.2, 0.25) is 0 Å². The molecule has 0 atom stereocenters. The summed E-state index contributed by atoms with van der Waals surface area (Å²) in [6, 6.07) is 16.7. The average Bonchev–Trinajstić information content (AvgIpc) is 3.34. The van der Waals surface area contributed by atoms with E-state index in [1.165, 1.54) is 36.9 Å². The zero-order valence-electron chi connectivity index (χ0n) is 18.2. The molecule has 30 heavy (non-hydrogen) atoms. The van der Waals surface area contributed by atoms with E-state index in [4.69, 9.17) is 4.74 Å². The molecule has 2 aromatic rings. The van der Waals surface area contributed by atoms with E-state index in [0.29, 0.717) is 18.1 Å². The van der Waals surface area contributed by atoms with Crippen LogP contribution in [0.3, 0.4) is 0 Å². The number of benzene rings is 2. The molecule has 0 unspecified atom stereocenters. The Kier molecular flexibility index (Phi) is 7.06. The second-order valence-electron chi connectivity index (χ2n) is 8.77. The monoisotopic (exact) mass is 406 g/mol. The van der Waals surface area contributed by atoms with Crippen LogP contribution in [-0.4, -0.2) is 44.0 Å². The summed E-state index contributed by atoms with van der Waals surface area (Å²) in [5, 5.41) is 0. The molecular weight excluding hydrogens is 372 g/mol. The summed E-state index contributed by atoms with van der Waals surface area (Å²) in [7, 11) is 1.70. The topological polar surface area (TPSA) is 32.8 Å². The van der Waals surface area contributed by atoms with E-state index < -0.39 is 0 Å². The van der Waals surface area contributed by atoms with Crippen LogP contribution in [0, 0.1) is 5.92 Å². The smallest absolute Gasteiger partial charge is 0.162 e. The van der Waals surface area contributed by atoms with Crippen molar-refractivity contribution in [2.75, 3.05) is 38.2 Å². The van der Waals surface area contributed by atoms with Gasteiger partial charge in [-0.2, -0.15) is 0 Å². The van der Waals surface area contributed by atoms with Gasteiger partial charge in [0.25, 0.3) is 0 Å². The van der Waals surface area contributed by atoms with E-state index >= 15 is 0 Å². The third kappa shape index (κ3) is 5.42. The van der Waals surface area contributed by atoms with Crippen molar-refractivity contribution in [3.63, 3.8) is 0 Å². The fourth-order valence-corrected chi connectivity index (χ4v) is 4.74. The second kappa shape index (κ2) is 10.1. The van der Waals surface area contributed by atoms with Crippen molar-refractivity contribution in [1.29, 1.82) is 0 Å². The molecule has 0 aromatic heterocycles. The fraction of sp³-hybridized carbons (Fsp3) is 0.500. The lowest BCUT2D eigenvalue weighted by Gasteiger charge is -2.32. The lowest BCUT2D eigenvalue weighted by molar-refractivity contribution is 0.0961. The number of hydrogen-bond donors (Lipinski definition) is 0. The fourth-order valence-electron chi connectivity index (χ4n) is 4.74. The van der Waals surface area contributed by atoms with Crippen molar-refractivity contribution in [2.24, 2.45) is 5.92 Å². The van der Waals surface area contributed by atoms with E-state index in [9.17, 15) is 4.79 Å². The molecule has 2 saturated heterocycles. The Morgan fingerprint density at radius 1 is 0.933 bits per heavy atom. The summed E-state index contributed by atoms with van der Waals surface area (Å²) in [6.07, 6.45) is 6.63. The molecule has 2 fully saturated rings. The Balaban J connectivity index is 1.19. The standard InChI is InChI=1S/C26H34N2O2/c1-30-25-11-4-22(5-12-25)20-27-18-14-21(15-19-27)6-13-26(29)23-7-9-24(10-8-23)28-16-2-3-17-28/h4-5,7-12,21H,2-3,6,13-20H2,1H3. The molecule has 0 spiro atoms. The van der Waals surface area contributed by atoms with Gasteiger partial charge in [-0.25, -0.2) is 0 Å². The third-order valence-corrected chi connectivity index (χ3v) is 6.71. The van der Waals surface area contributed by atoms with Crippen molar-refractivity contribution in [2.45, 2.75) is 45.1 Å². The van der Waals surface area contributed by atoms with Crippen LogP contribution < -0.4 is 9.64 Å². The normalized spacial score (nSPS) is 18.0. The maximum atomic E-state index is 12.6. The first-order valence-corrected chi connectivity index (χ1v) is 11.4. The van der Waals surface area contributed by atoms with Crippen molar-refractivity contribution in [1.82, 2.24) is 4.90 Å².